The molecule has 1 N–H and O–H groups in total. The first-order chi connectivity index (χ1) is 10.6. The van der Waals surface area contributed by atoms with Gasteiger partial charge in [0.15, 0.2) is 0 Å². The molecule has 1 fully saturated rings. The number of carbonyl (C=O) groups is 1. The van der Waals surface area contributed by atoms with Crippen molar-refractivity contribution in [3.05, 3.63) is 5.82 Å². The lowest BCUT2D eigenvalue weighted by molar-refractivity contribution is 0.0525. The summed E-state index contributed by atoms with van der Waals surface area (Å²) in [5.74, 6) is 0.878. The Morgan fingerprint density at radius 3 is 2.61 bits per heavy atom. The first kappa shape index (κ1) is 18.0. The molecule has 0 saturated carbocycles. The van der Waals surface area contributed by atoms with Gasteiger partial charge in [-0.25, -0.2) is 9.78 Å². The van der Waals surface area contributed by atoms with Gasteiger partial charge >= 0.3 is 6.09 Å². The van der Waals surface area contributed by atoms with Gasteiger partial charge in [-0.1, -0.05) is 20.8 Å². The second-order valence-corrected chi connectivity index (χ2v) is 8.75. The summed E-state index contributed by atoms with van der Waals surface area (Å²) in [5, 5.41) is 3.82. The molecule has 1 aliphatic rings. The first-order valence-electron chi connectivity index (χ1n) is 8.14. The Hall–Kier alpha value is -1.37. The molecule has 0 spiro atoms. The van der Waals surface area contributed by atoms with Crippen LogP contribution in [0.1, 0.15) is 60.2 Å². The summed E-state index contributed by atoms with van der Waals surface area (Å²) < 4.78 is 9.78. The lowest BCUT2D eigenvalue weighted by Gasteiger charge is -2.25. The van der Waals surface area contributed by atoms with Crippen molar-refractivity contribution < 1.29 is 9.53 Å². The summed E-state index contributed by atoms with van der Waals surface area (Å²) in [4.78, 5) is 18.8. The van der Waals surface area contributed by atoms with Crippen molar-refractivity contribution in [2.45, 2.75) is 71.4 Å². The van der Waals surface area contributed by atoms with Crippen LogP contribution in [0.2, 0.25) is 0 Å². The molecule has 0 aliphatic carbocycles. The normalized spacial score (nSPS) is 19.0. The topological polar surface area (TPSA) is 67.3 Å². The van der Waals surface area contributed by atoms with Gasteiger partial charge in [-0.3, -0.25) is 0 Å². The predicted octanol–water partition coefficient (Wildman–Crippen LogP) is 3.33. The van der Waals surface area contributed by atoms with Crippen LogP contribution in [0.25, 0.3) is 0 Å². The molecule has 7 heteroatoms. The highest BCUT2D eigenvalue weighted by Crippen LogP contribution is 2.30. The van der Waals surface area contributed by atoms with Crippen molar-refractivity contribution in [3.63, 3.8) is 0 Å². The fourth-order valence-corrected chi connectivity index (χ4v) is 3.41. The van der Waals surface area contributed by atoms with Crippen molar-refractivity contribution in [2.24, 2.45) is 0 Å². The van der Waals surface area contributed by atoms with Gasteiger partial charge in [-0.05, 0) is 33.6 Å². The van der Waals surface area contributed by atoms with Crippen LogP contribution in [0.15, 0.2) is 0 Å². The summed E-state index contributed by atoms with van der Waals surface area (Å²) in [7, 11) is 0. The summed E-state index contributed by atoms with van der Waals surface area (Å²) in [6.45, 7) is 13.5. The summed E-state index contributed by atoms with van der Waals surface area (Å²) in [5.41, 5.74) is -0.515. The number of rotatable bonds is 3. The summed E-state index contributed by atoms with van der Waals surface area (Å²) in [6, 6.07) is 0.253. The molecule has 1 aromatic heterocycles. The van der Waals surface area contributed by atoms with E-state index in [1.807, 2.05) is 20.8 Å². The Labute approximate surface area is 142 Å². The van der Waals surface area contributed by atoms with Crippen LogP contribution in [-0.4, -0.2) is 40.2 Å². The van der Waals surface area contributed by atoms with Crippen LogP contribution in [0, 0.1) is 0 Å². The minimum absolute atomic E-state index is 0.0429. The molecule has 0 bridgehead atoms. The van der Waals surface area contributed by atoms with Gasteiger partial charge in [0.2, 0.25) is 5.13 Å². The van der Waals surface area contributed by atoms with Gasteiger partial charge in [0.1, 0.15) is 11.4 Å². The van der Waals surface area contributed by atoms with Crippen molar-refractivity contribution in [2.75, 3.05) is 18.0 Å². The maximum Gasteiger partial charge on any atom is 0.407 e. The minimum atomic E-state index is -0.472. The number of carbonyl (C=O) groups excluding carboxylic acids is 1. The molecule has 1 amide bonds. The van der Waals surface area contributed by atoms with Gasteiger partial charge in [0.25, 0.3) is 0 Å². The number of nitrogens with one attached hydrogen (secondary N) is 1. The molecule has 1 atom stereocenters. The van der Waals surface area contributed by atoms with E-state index >= 15 is 0 Å². The molecule has 1 aromatic rings. The third kappa shape index (κ3) is 5.06. The fraction of sp³-hybridized carbons (Fsp3) is 0.812. The molecule has 6 nitrogen and oxygen atoms in total. The van der Waals surface area contributed by atoms with E-state index in [2.05, 4.69) is 40.3 Å². The molecule has 2 rings (SSSR count). The molecule has 130 valence electrons. The Morgan fingerprint density at radius 1 is 1.35 bits per heavy atom. The molecule has 0 aromatic carbocycles. The predicted molar refractivity (Wildman–Crippen MR) is 93.2 cm³/mol. The molecule has 0 radical (unpaired) electrons. The number of amides is 1. The SMILES string of the molecule is CC(C)(C)OC(=O)NCC1CCCN1c1nc(C(C)(C)C)ns1. The smallest absolute Gasteiger partial charge is 0.407 e. The van der Waals surface area contributed by atoms with Crippen LogP contribution in [0.3, 0.4) is 0 Å². The first-order valence-corrected chi connectivity index (χ1v) is 8.91. The van der Waals surface area contributed by atoms with E-state index in [1.54, 1.807) is 0 Å². The van der Waals surface area contributed by atoms with Gasteiger partial charge < -0.3 is 15.0 Å². The summed E-state index contributed by atoms with van der Waals surface area (Å²) >= 11 is 1.44. The maximum atomic E-state index is 11.8. The van der Waals surface area contributed by atoms with E-state index in [1.165, 1.54) is 11.5 Å². The molecular formula is C16H28N4O2S. The molecule has 23 heavy (non-hydrogen) atoms. The number of ether oxygens (including phenoxy) is 1. The van der Waals surface area contributed by atoms with Crippen LogP contribution >= 0.6 is 11.5 Å². The molecule has 1 saturated heterocycles. The zero-order chi connectivity index (χ0) is 17.3. The van der Waals surface area contributed by atoms with E-state index in [0.717, 1.165) is 30.3 Å². The van der Waals surface area contributed by atoms with E-state index in [9.17, 15) is 4.79 Å². The zero-order valence-corrected chi connectivity index (χ0v) is 15.8. The largest absolute Gasteiger partial charge is 0.444 e. The van der Waals surface area contributed by atoms with Crippen LogP contribution in [0.5, 0.6) is 0 Å². The number of nitrogens with zero attached hydrogens (tertiary/aromatic N) is 3. The molecule has 2 heterocycles. The number of anilines is 1. The molecule has 1 unspecified atom stereocenters. The molecule has 1 aliphatic heterocycles. The second-order valence-electron chi connectivity index (χ2n) is 8.02. The second kappa shape index (κ2) is 6.63. The van der Waals surface area contributed by atoms with E-state index in [4.69, 9.17) is 4.74 Å². The lowest BCUT2D eigenvalue weighted by atomic mass is 9.96. The highest BCUT2D eigenvalue weighted by atomic mass is 32.1. The van der Waals surface area contributed by atoms with E-state index < -0.39 is 5.60 Å². The van der Waals surface area contributed by atoms with Crippen molar-refractivity contribution in [1.82, 2.24) is 14.7 Å². The van der Waals surface area contributed by atoms with E-state index in [-0.39, 0.29) is 17.6 Å². The molecular weight excluding hydrogens is 312 g/mol. The van der Waals surface area contributed by atoms with Gasteiger partial charge in [-0.2, -0.15) is 4.37 Å². The Morgan fingerprint density at radius 2 is 2.04 bits per heavy atom. The Balaban J connectivity index is 1.95. The van der Waals surface area contributed by atoms with Crippen LogP contribution < -0.4 is 10.2 Å². The quantitative estimate of drug-likeness (QED) is 0.914. The summed E-state index contributed by atoms with van der Waals surface area (Å²) in [6.07, 6.45) is 1.78. The standard InChI is InChI=1S/C16H28N4O2S/c1-15(2,3)12-18-13(23-19-12)20-9-7-8-11(20)10-17-14(21)22-16(4,5)6/h11H,7-10H2,1-6H3,(H,17,21). The Kier molecular flexibility index (Phi) is 5.18. The average Bonchev–Trinajstić information content (AvgIpc) is 3.02. The fourth-order valence-electron chi connectivity index (χ4n) is 2.45. The van der Waals surface area contributed by atoms with Gasteiger partial charge in [-0.15, -0.1) is 0 Å². The van der Waals surface area contributed by atoms with Crippen LogP contribution in [0.4, 0.5) is 9.93 Å². The zero-order valence-electron chi connectivity index (χ0n) is 15.0. The number of alkyl carbamates (subject to hydrolysis) is 1. The third-order valence-electron chi connectivity index (χ3n) is 3.59. The average molecular weight is 340 g/mol. The van der Waals surface area contributed by atoms with E-state index in [0.29, 0.717) is 6.54 Å². The van der Waals surface area contributed by atoms with Gasteiger partial charge in [0.05, 0.1) is 0 Å². The van der Waals surface area contributed by atoms with Gasteiger partial charge in [0, 0.05) is 36.1 Å². The van der Waals surface area contributed by atoms with Crippen LogP contribution in [-0.2, 0) is 10.2 Å². The highest BCUT2D eigenvalue weighted by molar-refractivity contribution is 7.09. The number of aromatic nitrogens is 2. The van der Waals surface area contributed by atoms with Crippen molar-refractivity contribution in [1.29, 1.82) is 0 Å². The Bertz CT molecular complexity index is 545. The highest BCUT2D eigenvalue weighted by Gasteiger charge is 2.30. The van der Waals surface area contributed by atoms with Crippen molar-refractivity contribution >= 4 is 22.8 Å². The monoisotopic (exact) mass is 340 g/mol. The lowest BCUT2D eigenvalue weighted by Crippen LogP contribution is -2.42. The third-order valence-corrected chi connectivity index (χ3v) is 4.34. The number of hydrogen-bond acceptors (Lipinski definition) is 6. The maximum absolute atomic E-state index is 11.8. The number of hydrogen-bond donors (Lipinski definition) is 1. The minimum Gasteiger partial charge on any atom is -0.444 e. The van der Waals surface area contributed by atoms with Crippen molar-refractivity contribution in [3.8, 4) is 0 Å².